The SMILES string of the molecule is Cc1cccc(OCCCn2cnc3sc(C(=O)Nc4ccccc4C)c(C)c3c2=O)c1. The highest BCUT2D eigenvalue weighted by Gasteiger charge is 2.20. The van der Waals surface area contributed by atoms with Crippen LogP contribution in [-0.2, 0) is 6.54 Å². The summed E-state index contributed by atoms with van der Waals surface area (Å²) in [6.45, 7) is 6.76. The standard InChI is InChI=1S/C25H25N3O3S/c1-16-8-6-10-19(14-16)31-13-7-12-28-15-26-24-21(25(28)30)18(3)22(32-24)23(29)27-20-11-5-4-9-17(20)2/h4-6,8-11,14-15H,7,12-13H2,1-3H3,(H,27,29). The van der Waals surface area contributed by atoms with E-state index in [1.54, 1.807) is 17.8 Å². The summed E-state index contributed by atoms with van der Waals surface area (Å²) in [6, 6.07) is 15.5. The van der Waals surface area contributed by atoms with Crippen LogP contribution in [0.2, 0.25) is 0 Å². The molecule has 7 heteroatoms. The molecule has 0 saturated carbocycles. The van der Waals surface area contributed by atoms with Crippen molar-refractivity contribution in [3.8, 4) is 5.75 Å². The molecule has 0 saturated heterocycles. The van der Waals surface area contributed by atoms with Crippen molar-refractivity contribution in [2.75, 3.05) is 11.9 Å². The molecule has 0 aliphatic rings. The van der Waals surface area contributed by atoms with E-state index in [1.165, 1.54) is 11.3 Å². The number of fused-ring (bicyclic) bond motifs is 1. The van der Waals surface area contributed by atoms with Gasteiger partial charge in [-0.3, -0.25) is 14.2 Å². The zero-order valence-electron chi connectivity index (χ0n) is 18.3. The summed E-state index contributed by atoms with van der Waals surface area (Å²) in [7, 11) is 0. The molecule has 4 rings (SSSR count). The molecule has 0 unspecified atom stereocenters. The molecule has 1 N–H and O–H groups in total. The Bertz CT molecular complexity index is 1340. The molecule has 0 aliphatic carbocycles. The average molecular weight is 448 g/mol. The Labute approximate surface area is 190 Å². The highest BCUT2D eigenvalue weighted by atomic mass is 32.1. The Morgan fingerprint density at radius 2 is 1.94 bits per heavy atom. The highest BCUT2D eigenvalue weighted by molar-refractivity contribution is 7.20. The van der Waals surface area contributed by atoms with E-state index >= 15 is 0 Å². The third-order valence-electron chi connectivity index (χ3n) is 5.32. The molecule has 0 bridgehead atoms. The molecular weight excluding hydrogens is 422 g/mol. The van der Waals surface area contributed by atoms with Crippen LogP contribution >= 0.6 is 11.3 Å². The van der Waals surface area contributed by atoms with Crippen LogP contribution in [0.25, 0.3) is 10.2 Å². The van der Waals surface area contributed by atoms with Crippen LogP contribution < -0.4 is 15.6 Å². The molecule has 164 valence electrons. The van der Waals surface area contributed by atoms with E-state index in [4.69, 9.17) is 4.74 Å². The quantitative estimate of drug-likeness (QED) is 0.400. The number of hydrogen-bond acceptors (Lipinski definition) is 5. The fraction of sp³-hybridized carbons (Fsp3) is 0.240. The van der Waals surface area contributed by atoms with Gasteiger partial charge in [0.1, 0.15) is 10.6 Å². The first kappa shape index (κ1) is 21.8. The second-order valence-electron chi connectivity index (χ2n) is 7.77. The van der Waals surface area contributed by atoms with E-state index in [1.807, 2.05) is 62.4 Å². The molecule has 0 atom stereocenters. The van der Waals surface area contributed by atoms with Crippen LogP contribution in [-0.4, -0.2) is 22.1 Å². The smallest absolute Gasteiger partial charge is 0.266 e. The maximum absolute atomic E-state index is 13.1. The lowest BCUT2D eigenvalue weighted by atomic mass is 10.2. The number of carbonyl (C=O) groups is 1. The van der Waals surface area contributed by atoms with E-state index in [9.17, 15) is 9.59 Å². The number of ether oxygens (including phenoxy) is 1. The van der Waals surface area contributed by atoms with E-state index < -0.39 is 0 Å². The zero-order chi connectivity index (χ0) is 22.7. The number of thiophene rings is 1. The monoisotopic (exact) mass is 447 g/mol. The second kappa shape index (κ2) is 9.36. The van der Waals surface area contributed by atoms with Gasteiger partial charge in [0.25, 0.3) is 11.5 Å². The van der Waals surface area contributed by atoms with Gasteiger partial charge in [-0.1, -0.05) is 30.3 Å². The summed E-state index contributed by atoms with van der Waals surface area (Å²) in [5.41, 5.74) is 3.41. The molecule has 2 aromatic heterocycles. The first-order chi connectivity index (χ1) is 15.4. The molecule has 4 aromatic rings. The van der Waals surface area contributed by atoms with Gasteiger partial charge in [-0.2, -0.15) is 0 Å². The molecule has 1 amide bonds. The zero-order valence-corrected chi connectivity index (χ0v) is 19.2. The van der Waals surface area contributed by atoms with Crippen molar-refractivity contribution in [1.29, 1.82) is 0 Å². The minimum Gasteiger partial charge on any atom is -0.494 e. The molecule has 6 nitrogen and oxygen atoms in total. The lowest BCUT2D eigenvalue weighted by molar-refractivity contribution is 0.103. The number of aromatic nitrogens is 2. The predicted molar refractivity (Wildman–Crippen MR) is 129 cm³/mol. The molecule has 32 heavy (non-hydrogen) atoms. The fourth-order valence-corrected chi connectivity index (χ4v) is 4.59. The summed E-state index contributed by atoms with van der Waals surface area (Å²) in [6.07, 6.45) is 2.22. The predicted octanol–water partition coefficient (Wildman–Crippen LogP) is 5.10. The van der Waals surface area contributed by atoms with Crippen molar-refractivity contribution in [2.24, 2.45) is 0 Å². The van der Waals surface area contributed by atoms with Gasteiger partial charge in [-0.15, -0.1) is 11.3 Å². The van der Waals surface area contributed by atoms with E-state index in [2.05, 4.69) is 10.3 Å². The topological polar surface area (TPSA) is 73.2 Å². The van der Waals surface area contributed by atoms with Gasteiger partial charge in [0.2, 0.25) is 0 Å². The minimum atomic E-state index is -0.225. The largest absolute Gasteiger partial charge is 0.494 e. The van der Waals surface area contributed by atoms with Crippen LogP contribution in [0.1, 0.15) is 32.8 Å². The van der Waals surface area contributed by atoms with Gasteiger partial charge in [0.15, 0.2) is 0 Å². The number of nitrogens with one attached hydrogen (secondary N) is 1. The highest BCUT2D eigenvalue weighted by Crippen LogP contribution is 2.28. The van der Waals surface area contributed by atoms with Gasteiger partial charge >= 0.3 is 0 Å². The molecular formula is C25H25N3O3S. The number of carbonyl (C=O) groups excluding carboxylic acids is 1. The van der Waals surface area contributed by atoms with Gasteiger partial charge in [0.05, 0.1) is 23.2 Å². The van der Waals surface area contributed by atoms with Crippen molar-refractivity contribution in [3.05, 3.63) is 86.8 Å². The molecule has 2 aromatic carbocycles. The lowest BCUT2D eigenvalue weighted by Gasteiger charge is -2.08. The Kier molecular flexibility index (Phi) is 6.37. The summed E-state index contributed by atoms with van der Waals surface area (Å²) in [4.78, 5) is 31.5. The van der Waals surface area contributed by atoms with Crippen molar-refractivity contribution in [3.63, 3.8) is 0 Å². The number of benzene rings is 2. The molecule has 0 spiro atoms. The maximum atomic E-state index is 13.1. The Hall–Kier alpha value is -3.45. The first-order valence-electron chi connectivity index (χ1n) is 10.5. The van der Waals surface area contributed by atoms with E-state index in [0.717, 1.165) is 22.6 Å². The summed E-state index contributed by atoms with van der Waals surface area (Å²) in [5.74, 6) is 0.598. The van der Waals surface area contributed by atoms with Crippen LogP contribution in [0.15, 0.2) is 59.7 Å². The van der Waals surface area contributed by atoms with Gasteiger partial charge in [-0.25, -0.2) is 4.98 Å². The normalized spacial score (nSPS) is 11.0. The van der Waals surface area contributed by atoms with Crippen molar-refractivity contribution in [2.45, 2.75) is 33.7 Å². The maximum Gasteiger partial charge on any atom is 0.266 e. The molecule has 0 radical (unpaired) electrons. The Morgan fingerprint density at radius 1 is 1.12 bits per heavy atom. The van der Waals surface area contributed by atoms with Crippen LogP contribution in [0.3, 0.4) is 0 Å². The number of nitrogens with zero attached hydrogens (tertiary/aromatic N) is 2. The fourth-order valence-electron chi connectivity index (χ4n) is 3.56. The Balaban J connectivity index is 1.48. The number of hydrogen-bond donors (Lipinski definition) is 1. The molecule has 2 heterocycles. The van der Waals surface area contributed by atoms with Gasteiger partial charge in [0, 0.05) is 12.2 Å². The summed E-state index contributed by atoms with van der Waals surface area (Å²) < 4.78 is 7.36. The van der Waals surface area contributed by atoms with Gasteiger partial charge < -0.3 is 10.1 Å². The molecule has 0 aliphatic heterocycles. The summed E-state index contributed by atoms with van der Waals surface area (Å²) in [5, 5.41) is 3.45. The number of para-hydroxylation sites is 1. The van der Waals surface area contributed by atoms with E-state index in [0.29, 0.717) is 40.2 Å². The van der Waals surface area contributed by atoms with Crippen LogP contribution in [0.4, 0.5) is 5.69 Å². The lowest BCUT2D eigenvalue weighted by Crippen LogP contribution is -2.21. The van der Waals surface area contributed by atoms with Crippen LogP contribution in [0, 0.1) is 20.8 Å². The third-order valence-corrected chi connectivity index (χ3v) is 6.52. The number of anilines is 1. The number of amides is 1. The number of aryl methyl sites for hydroxylation is 4. The second-order valence-corrected chi connectivity index (χ2v) is 8.77. The Morgan fingerprint density at radius 3 is 2.72 bits per heavy atom. The first-order valence-corrected chi connectivity index (χ1v) is 11.3. The van der Waals surface area contributed by atoms with Gasteiger partial charge in [-0.05, 0) is 62.1 Å². The molecule has 0 fully saturated rings. The van der Waals surface area contributed by atoms with Crippen molar-refractivity contribution in [1.82, 2.24) is 9.55 Å². The summed E-state index contributed by atoms with van der Waals surface area (Å²) >= 11 is 1.25. The van der Waals surface area contributed by atoms with Crippen molar-refractivity contribution < 1.29 is 9.53 Å². The van der Waals surface area contributed by atoms with Crippen LogP contribution in [0.5, 0.6) is 5.75 Å². The minimum absolute atomic E-state index is 0.130. The van der Waals surface area contributed by atoms with E-state index in [-0.39, 0.29) is 11.5 Å². The average Bonchev–Trinajstić information content (AvgIpc) is 3.11. The van der Waals surface area contributed by atoms with Crippen molar-refractivity contribution >= 4 is 33.1 Å². The number of rotatable bonds is 7. The third kappa shape index (κ3) is 4.57.